The first kappa shape index (κ1) is 36.9. The van der Waals surface area contributed by atoms with Crippen molar-refractivity contribution in [2.45, 2.75) is 0 Å². The van der Waals surface area contributed by atoms with Gasteiger partial charge in [-0.3, -0.25) is 0 Å². The Hall–Kier alpha value is -8.66. The summed E-state index contributed by atoms with van der Waals surface area (Å²) in [5.74, 6) is 0. The van der Waals surface area contributed by atoms with Gasteiger partial charge in [0.25, 0.3) is 0 Å². The summed E-state index contributed by atoms with van der Waals surface area (Å²) in [7, 11) is 0. The molecule has 3 nitrogen and oxygen atoms in total. The summed E-state index contributed by atoms with van der Waals surface area (Å²) in [5, 5.41) is 9.62. The molecule has 13 rings (SSSR count). The second-order valence-electron chi connectivity index (χ2n) is 16.8. The van der Waals surface area contributed by atoms with Gasteiger partial charge in [-0.15, -0.1) is 0 Å². The molecular formula is C62H40N2O. The Kier molecular flexibility index (Phi) is 8.53. The number of fused-ring (bicyclic) bond motifs is 9. The molecular weight excluding hydrogens is 789 g/mol. The third-order valence-electron chi connectivity index (χ3n) is 13.2. The number of nitrogens with zero attached hydrogens (tertiary/aromatic N) is 2. The zero-order valence-corrected chi connectivity index (χ0v) is 35.4. The summed E-state index contributed by atoms with van der Waals surface area (Å²) in [4.78, 5) is 2.45. The molecule has 0 aliphatic rings. The highest BCUT2D eigenvalue weighted by Gasteiger charge is 2.22. The van der Waals surface area contributed by atoms with Gasteiger partial charge in [-0.05, 0) is 111 Å². The molecule has 0 atom stereocenters. The van der Waals surface area contributed by atoms with Gasteiger partial charge >= 0.3 is 0 Å². The molecule has 0 bridgehead atoms. The predicted octanol–water partition coefficient (Wildman–Crippen LogP) is 17.5. The SMILES string of the molecule is c1cc(-c2ccc(N(c3ccccc3-c3cccc4oc5ccccc5c34)c3cccc4ccc5ccccc5c34)cc2)cc(-c2ccc(-n3c4ccccc4c4ccccc43)cc2)c1. The number of rotatable bonds is 7. The maximum atomic E-state index is 6.42. The Bertz CT molecular complexity index is 3900. The van der Waals surface area contributed by atoms with E-state index < -0.39 is 0 Å². The molecule has 13 aromatic rings. The molecule has 0 spiro atoms. The van der Waals surface area contributed by atoms with Gasteiger partial charge in [0.05, 0.1) is 22.4 Å². The maximum absolute atomic E-state index is 6.42. The number of para-hydroxylation sites is 4. The maximum Gasteiger partial charge on any atom is 0.136 e. The summed E-state index contributed by atoms with van der Waals surface area (Å²) in [6.45, 7) is 0. The highest BCUT2D eigenvalue weighted by atomic mass is 16.3. The van der Waals surface area contributed by atoms with E-state index in [9.17, 15) is 0 Å². The Labute approximate surface area is 376 Å². The number of benzene rings is 11. The van der Waals surface area contributed by atoms with Crippen LogP contribution >= 0.6 is 0 Å². The first-order valence-electron chi connectivity index (χ1n) is 22.2. The molecule has 0 amide bonds. The molecule has 304 valence electrons. The van der Waals surface area contributed by atoms with Crippen molar-refractivity contribution in [1.82, 2.24) is 4.57 Å². The Morgan fingerprint density at radius 2 is 0.862 bits per heavy atom. The average molecular weight is 829 g/mol. The number of anilines is 3. The second-order valence-corrected chi connectivity index (χ2v) is 16.8. The first-order chi connectivity index (χ1) is 32.2. The molecule has 2 aromatic heterocycles. The van der Waals surface area contributed by atoms with Gasteiger partial charge in [-0.1, -0.05) is 176 Å². The lowest BCUT2D eigenvalue weighted by Crippen LogP contribution is -2.12. The van der Waals surface area contributed by atoms with Crippen LogP contribution in [0.5, 0.6) is 0 Å². The van der Waals surface area contributed by atoms with Crippen molar-refractivity contribution in [2.24, 2.45) is 0 Å². The van der Waals surface area contributed by atoms with Gasteiger partial charge in [0.1, 0.15) is 11.2 Å². The van der Waals surface area contributed by atoms with Gasteiger partial charge in [0.2, 0.25) is 0 Å². The third-order valence-corrected chi connectivity index (χ3v) is 13.2. The molecule has 0 unspecified atom stereocenters. The van der Waals surface area contributed by atoms with Crippen molar-refractivity contribution < 1.29 is 4.42 Å². The van der Waals surface area contributed by atoms with E-state index in [2.05, 4.69) is 246 Å². The lowest BCUT2D eigenvalue weighted by molar-refractivity contribution is 0.669. The lowest BCUT2D eigenvalue weighted by Gasteiger charge is -2.29. The number of hydrogen-bond acceptors (Lipinski definition) is 2. The molecule has 0 radical (unpaired) electrons. The number of hydrogen-bond donors (Lipinski definition) is 0. The molecule has 0 N–H and O–H groups in total. The van der Waals surface area contributed by atoms with Crippen LogP contribution < -0.4 is 4.90 Å². The van der Waals surface area contributed by atoms with Crippen molar-refractivity contribution >= 4 is 82.4 Å². The monoisotopic (exact) mass is 828 g/mol. The van der Waals surface area contributed by atoms with E-state index >= 15 is 0 Å². The van der Waals surface area contributed by atoms with E-state index in [1.807, 2.05) is 6.07 Å². The van der Waals surface area contributed by atoms with Crippen LogP contribution in [-0.2, 0) is 0 Å². The van der Waals surface area contributed by atoms with Crippen molar-refractivity contribution in [1.29, 1.82) is 0 Å². The van der Waals surface area contributed by atoms with E-state index in [4.69, 9.17) is 4.42 Å². The fourth-order valence-electron chi connectivity index (χ4n) is 10.2. The fraction of sp³-hybridized carbons (Fsp3) is 0. The summed E-state index contributed by atoms with van der Waals surface area (Å²) in [6, 6.07) is 87.7. The smallest absolute Gasteiger partial charge is 0.136 e. The van der Waals surface area contributed by atoms with Crippen molar-refractivity contribution in [3.8, 4) is 39.1 Å². The van der Waals surface area contributed by atoms with E-state index in [0.717, 1.165) is 61.4 Å². The standard InChI is InChI=1S/C62H40N2O/c1-2-18-49-43(14-1)30-31-44-15-12-27-58(61(44)49)64(57-26-9-5-21-52(57)53-23-13-29-60-62(53)54-22-6-10-28-59(54)65-60)48-38-34-42(35-39-48)46-17-11-16-45(40-46)41-32-36-47(37-33-41)63-55-24-7-3-19-50(55)51-20-4-8-25-56(51)63/h1-40H. The summed E-state index contributed by atoms with van der Waals surface area (Å²) in [6.07, 6.45) is 0. The minimum atomic E-state index is 0.881. The molecule has 0 saturated heterocycles. The van der Waals surface area contributed by atoms with E-state index in [0.29, 0.717) is 0 Å². The second kappa shape index (κ2) is 15.0. The fourth-order valence-corrected chi connectivity index (χ4v) is 10.2. The van der Waals surface area contributed by atoms with E-state index in [-0.39, 0.29) is 0 Å². The van der Waals surface area contributed by atoms with Crippen molar-refractivity contribution in [2.75, 3.05) is 4.90 Å². The van der Waals surface area contributed by atoms with Crippen LogP contribution in [0.25, 0.3) is 104 Å². The highest BCUT2D eigenvalue weighted by Crippen LogP contribution is 2.47. The summed E-state index contributed by atoms with van der Waals surface area (Å²) in [5.41, 5.74) is 15.6. The molecule has 3 heteroatoms. The molecule has 2 heterocycles. The average Bonchev–Trinajstić information content (AvgIpc) is 3.93. The Balaban J connectivity index is 0.924. The molecule has 65 heavy (non-hydrogen) atoms. The topological polar surface area (TPSA) is 21.3 Å². The van der Waals surface area contributed by atoms with Crippen LogP contribution in [0.2, 0.25) is 0 Å². The normalized spacial score (nSPS) is 11.7. The molecule has 0 fully saturated rings. The Morgan fingerprint density at radius 1 is 0.323 bits per heavy atom. The van der Waals surface area contributed by atoms with Gasteiger partial charge in [0, 0.05) is 43.9 Å². The minimum Gasteiger partial charge on any atom is -0.456 e. The van der Waals surface area contributed by atoms with Crippen LogP contribution in [0.3, 0.4) is 0 Å². The van der Waals surface area contributed by atoms with Crippen molar-refractivity contribution in [3.05, 3.63) is 243 Å². The largest absolute Gasteiger partial charge is 0.456 e. The van der Waals surface area contributed by atoms with Gasteiger partial charge in [-0.2, -0.15) is 0 Å². The zero-order chi connectivity index (χ0) is 42.8. The van der Waals surface area contributed by atoms with Crippen LogP contribution in [0.4, 0.5) is 17.1 Å². The summed E-state index contributed by atoms with van der Waals surface area (Å²) >= 11 is 0. The van der Waals surface area contributed by atoms with E-state index in [1.54, 1.807) is 0 Å². The highest BCUT2D eigenvalue weighted by molar-refractivity contribution is 6.17. The van der Waals surface area contributed by atoms with Crippen molar-refractivity contribution in [3.63, 3.8) is 0 Å². The van der Waals surface area contributed by atoms with Gasteiger partial charge in [0.15, 0.2) is 0 Å². The molecule has 0 saturated carbocycles. The third kappa shape index (κ3) is 6.05. The molecule has 0 aliphatic heterocycles. The van der Waals surface area contributed by atoms with Crippen LogP contribution in [-0.4, -0.2) is 4.57 Å². The van der Waals surface area contributed by atoms with E-state index in [1.165, 1.54) is 60.0 Å². The summed E-state index contributed by atoms with van der Waals surface area (Å²) < 4.78 is 8.79. The number of furan rings is 1. The first-order valence-corrected chi connectivity index (χ1v) is 22.2. The van der Waals surface area contributed by atoms with Gasteiger partial charge < -0.3 is 13.9 Å². The quantitative estimate of drug-likeness (QED) is 0.149. The molecule has 0 aliphatic carbocycles. The van der Waals surface area contributed by atoms with Crippen LogP contribution in [0.15, 0.2) is 247 Å². The minimum absolute atomic E-state index is 0.881. The Morgan fingerprint density at radius 3 is 1.63 bits per heavy atom. The number of aromatic nitrogens is 1. The van der Waals surface area contributed by atoms with Crippen LogP contribution in [0, 0.1) is 0 Å². The van der Waals surface area contributed by atoms with Gasteiger partial charge in [-0.25, -0.2) is 0 Å². The zero-order valence-electron chi connectivity index (χ0n) is 35.4. The van der Waals surface area contributed by atoms with Crippen LogP contribution in [0.1, 0.15) is 0 Å². The lowest BCUT2D eigenvalue weighted by atomic mass is 9.95. The predicted molar refractivity (Wildman–Crippen MR) is 274 cm³/mol. The molecule has 11 aromatic carbocycles.